The third-order valence-corrected chi connectivity index (χ3v) is 4.30. The minimum absolute atomic E-state index is 0.0307. The van der Waals surface area contributed by atoms with Crippen molar-refractivity contribution in [1.29, 1.82) is 0 Å². The summed E-state index contributed by atoms with van der Waals surface area (Å²) >= 11 is 0. The maximum absolute atomic E-state index is 11.5. The van der Waals surface area contributed by atoms with Crippen LogP contribution in [0.4, 0.5) is 11.5 Å². The van der Waals surface area contributed by atoms with Crippen LogP contribution in [0.5, 0.6) is 11.5 Å². The third-order valence-electron chi connectivity index (χ3n) is 4.30. The number of hydrogen-bond acceptors (Lipinski definition) is 7. The maximum Gasteiger partial charge on any atom is 0.282 e. The number of nitrogens with zero attached hydrogens (tertiary/aromatic N) is 4. The molecule has 4 aromatic rings. The minimum atomic E-state index is -0.481. The molecule has 0 bridgehead atoms. The summed E-state index contributed by atoms with van der Waals surface area (Å²) in [6, 6.07) is 12.0. The molecule has 0 fully saturated rings. The molecular formula is C19H12N4O5. The van der Waals surface area contributed by atoms with E-state index in [9.17, 15) is 10.1 Å². The predicted octanol–water partition coefficient (Wildman–Crippen LogP) is 3.98. The zero-order chi connectivity index (χ0) is 19.1. The maximum atomic E-state index is 11.5. The first kappa shape index (κ1) is 16.1. The number of benzene rings is 1. The quantitative estimate of drug-likeness (QED) is 0.303. The van der Waals surface area contributed by atoms with Crippen LogP contribution in [0.25, 0.3) is 17.1 Å². The number of fused-ring (bicyclic) bond motifs is 2. The van der Waals surface area contributed by atoms with Gasteiger partial charge in [0.2, 0.25) is 6.79 Å². The van der Waals surface area contributed by atoms with Gasteiger partial charge in [-0.1, -0.05) is 6.07 Å². The molecule has 0 atom stereocenters. The van der Waals surface area contributed by atoms with E-state index in [0.717, 1.165) is 0 Å². The molecule has 1 aromatic carbocycles. The van der Waals surface area contributed by atoms with Gasteiger partial charge in [-0.15, -0.1) is 0 Å². The van der Waals surface area contributed by atoms with Gasteiger partial charge in [-0.05, 0) is 30.3 Å². The van der Waals surface area contributed by atoms with E-state index in [0.29, 0.717) is 40.0 Å². The average molecular weight is 376 g/mol. The molecule has 1 aliphatic rings. The van der Waals surface area contributed by atoms with E-state index in [1.54, 1.807) is 28.9 Å². The van der Waals surface area contributed by atoms with Gasteiger partial charge in [0.1, 0.15) is 5.65 Å². The fraction of sp³-hybridized carbons (Fsp3) is 0.0526. The van der Waals surface area contributed by atoms with Crippen molar-refractivity contribution in [3.63, 3.8) is 0 Å². The van der Waals surface area contributed by atoms with Crippen LogP contribution in [0, 0.1) is 10.1 Å². The number of ether oxygens (including phenoxy) is 2. The lowest BCUT2D eigenvalue weighted by Gasteiger charge is -2.01. The van der Waals surface area contributed by atoms with E-state index in [2.05, 4.69) is 9.98 Å². The molecule has 0 unspecified atom stereocenters. The number of pyridine rings is 1. The zero-order valence-corrected chi connectivity index (χ0v) is 14.3. The molecule has 0 aliphatic carbocycles. The van der Waals surface area contributed by atoms with Gasteiger partial charge in [0, 0.05) is 12.4 Å². The number of aromatic nitrogens is 2. The molecule has 0 N–H and O–H groups in total. The largest absolute Gasteiger partial charge is 0.463 e. The Morgan fingerprint density at radius 3 is 2.82 bits per heavy atom. The van der Waals surface area contributed by atoms with Gasteiger partial charge >= 0.3 is 0 Å². The summed E-state index contributed by atoms with van der Waals surface area (Å²) in [5.74, 6) is 1.83. The smallest absolute Gasteiger partial charge is 0.282 e. The van der Waals surface area contributed by atoms with Crippen molar-refractivity contribution >= 4 is 23.4 Å². The molecule has 0 saturated heterocycles. The van der Waals surface area contributed by atoms with Crippen LogP contribution in [-0.4, -0.2) is 27.3 Å². The molecule has 3 aromatic heterocycles. The molecule has 9 nitrogen and oxygen atoms in total. The van der Waals surface area contributed by atoms with Crippen molar-refractivity contribution in [2.24, 2.45) is 4.99 Å². The number of hydrogen-bond donors (Lipinski definition) is 0. The third kappa shape index (κ3) is 2.57. The number of furan rings is 1. The molecule has 9 heteroatoms. The number of nitro groups is 1. The molecule has 138 valence electrons. The summed E-state index contributed by atoms with van der Waals surface area (Å²) in [7, 11) is 0. The van der Waals surface area contributed by atoms with Crippen LogP contribution in [0.1, 0.15) is 5.56 Å². The molecule has 0 radical (unpaired) electrons. The molecule has 0 saturated carbocycles. The van der Waals surface area contributed by atoms with Crippen molar-refractivity contribution in [2.45, 2.75) is 0 Å². The molecule has 28 heavy (non-hydrogen) atoms. The van der Waals surface area contributed by atoms with Crippen LogP contribution in [0.2, 0.25) is 0 Å². The lowest BCUT2D eigenvalue weighted by Crippen LogP contribution is -1.95. The summed E-state index contributed by atoms with van der Waals surface area (Å²) in [6.07, 6.45) is 4.79. The average Bonchev–Trinajstić information content (AvgIpc) is 3.43. The number of imidazole rings is 1. The molecule has 0 spiro atoms. The minimum Gasteiger partial charge on any atom is -0.463 e. The Labute approximate surface area is 157 Å². The van der Waals surface area contributed by atoms with Crippen LogP contribution < -0.4 is 9.47 Å². The highest BCUT2D eigenvalue weighted by molar-refractivity contribution is 5.90. The Balaban J connectivity index is 1.66. The van der Waals surface area contributed by atoms with Gasteiger partial charge in [0.15, 0.2) is 28.8 Å². The summed E-state index contributed by atoms with van der Waals surface area (Å²) in [5.41, 5.74) is 1.39. The monoisotopic (exact) mass is 376 g/mol. The first-order valence-electron chi connectivity index (χ1n) is 8.34. The lowest BCUT2D eigenvalue weighted by atomic mass is 10.1. The van der Waals surface area contributed by atoms with Crippen LogP contribution >= 0.6 is 0 Å². The first-order chi connectivity index (χ1) is 13.7. The summed E-state index contributed by atoms with van der Waals surface area (Å²) in [6.45, 7) is 0.0307. The second kappa shape index (κ2) is 6.23. The van der Waals surface area contributed by atoms with Gasteiger partial charge in [-0.3, -0.25) is 14.5 Å². The molecular weight excluding hydrogens is 364 g/mol. The van der Waals surface area contributed by atoms with E-state index < -0.39 is 4.92 Å². The van der Waals surface area contributed by atoms with Crippen LogP contribution in [0.15, 0.2) is 64.3 Å². The molecule has 0 amide bonds. The lowest BCUT2D eigenvalue weighted by molar-refractivity contribution is -0.385. The number of rotatable bonds is 4. The summed E-state index contributed by atoms with van der Waals surface area (Å²) < 4.78 is 17.8. The van der Waals surface area contributed by atoms with Crippen LogP contribution in [0.3, 0.4) is 0 Å². The Kier molecular flexibility index (Phi) is 3.58. The number of aliphatic imine (C=N–C) groups is 1. The first-order valence-corrected chi connectivity index (χ1v) is 8.34. The van der Waals surface area contributed by atoms with Crippen molar-refractivity contribution in [2.75, 3.05) is 6.79 Å². The fourth-order valence-corrected chi connectivity index (χ4v) is 3.02. The predicted molar refractivity (Wildman–Crippen MR) is 99.4 cm³/mol. The summed E-state index contributed by atoms with van der Waals surface area (Å²) in [4.78, 5) is 20.0. The van der Waals surface area contributed by atoms with Crippen molar-refractivity contribution in [3.05, 3.63) is 70.6 Å². The SMILES string of the molecule is O=[N+]([O-])c1cc2c(cc1/C=N/c1c(-c3ccco3)nc3ccccn13)OCO2. The highest BCUT2D eigenvalue weighted by Crippen LogP contribution is 2.38. The standard InChI is InChI=1S/C19H12N4O5/c24-23(25)13-9-16-15(27-11-28-16)8-12(13)10-20-19-18(14-4-3-7-26-14)21-17-5-1-2-6-22(17)19/h1-10H,11H2/b20-10+. The van der Waals surface area contributed by atoms with E-state index in [1.807, 2.05) is 24.4 Å². The van der Waals surface area contributed by atoms with Gasteiger partial charge in [0.05, 0.1) is 22.8 Å². The van der Waals surface area contributed by atoms with Gasteiger partial charge < -0.3 is 13.9 Å². The topological polar surface area (TPSA) is 104 Å². The Morgan fingerprint density at radius 2 is 2.04 bits per heavy atom. The van der Waals surface area contributed by atoms with E-state index in [1.165, 1.54) is 12.3 Å². The second-order valence-electron chi connectivity index (χ2n) is 5.97. The van der Waals surface area contributed by atoms with Crippen molar-refractivity contribution in [3.8, 4) is 23.0 Å². The summed E-state index contributed by atoms with van der Waals surface area (Å²) in [5, 5.41) is 11.5. The highest BCUT2D eigenvalue weighted by atomic mass is 16.7. The van der Waals surface area contributed by atoms with Gasteiger partial charge in [-0.25, -0.2) is 9.98 Å². The van der Waals surface area contributed by atoms with Crippen LogP contribution in [-0.2, 0) is 0 Å². The van der Waals surface area contributed by atoms with E-state index in [4.69, 9.17) is 13.9 Å². The Morgan fingerprint density at radius 1 is 1.18 bits per heavy atom. The second-order valence-corrected chi connectivity index (χ2v) is 5.97. The fourth-order valence-electron chi connectivity index (χ4n) is 3.02. The Bertz CT molecular complexity index is 1230. The highest BCUT2D eigenvalue weighted by Gasteiger charge is 2.23. The molecule has 5 rings (SSSR count). The van der Waals surface area contributed by atoms with Crippen molar-refractivity contribution < 1.29 is 18.8 Å². The van der Waals surface area contributed by atoms with E-state index in [-0.39, 0.29) is 12.5 Å². The van der Waals surface area contributed by atoms with E-state index >= 15 is 0 Å². The molecule has 4 heterocycles. The normalized spacial score (nSPS) is 12.9. The zero-order valence-electron chi connectivity index (χ0n) is 14.3. The van der Waals surface area contributed by atoms with Gasteiger partial charge in [0.25, 0.3) is 5.69 Å². The Hall–Kier alpha value is -4.14. The van der Waals surface area contributed by atoms with Crippen molar-refractivity contribution in [1.82, 2.24) is 9.38 Å². The number of nitro benzene ring substituents is 1. The molecule has 1 aliphatic heterocycles. The van der Waals surface area contributed by atoms with Gasteiger partial charge in [-0.2, -0.15) is 0 Å².